The molecule has 1 amide bonds. The van der Waals surface area contributed by atoms with Crippen LogP contribution in [0.5, 0.6) is 0 Å². The minimum absolute atomic E-state index is 0.236. The van der Waals surface area contributed by atoms with Gasteiger partial charge >= 0.3 is 0 Å². The lowest BCUT2D eigenvalue weighted by Crippen LogP contribution is -2.47. The van der Waals surface area contributed by atoms with Gasteiger partial charge in [0.05, 0.1) is 29.1 Å². The van der Waals surface area contributed by atoms with Gasteiger partial charge in [-0.05, 0) is 36.4 Å². The van der Waals surface area contributed by atoms with Gasteiger partial charge in [0, 0.05) is 50.5 Å². The highest BCUT2D eigenvalue weighted by Gasteiger charge is 2.20. The van der Waals surface area contributed by atoms with Crippen molar-refractivity contribution in [1.29, 1.82) is 5.26 Å². The van der Waals surface area contributed by atoms with Crippen LogP contribution in [0.15, 0.2) is 61.2 Å². The van der Waals surface area contributed by atoms with Crippen molar-refractivity contribution in [3.8, 4) is 6.07 Å². The number of anilines is 3. The van der Waals surface area contributed by atoms with E-state index in [4.69, 9.17) is 5.26 Å². The summed E-state index contributed by atoms with van der Waals surface area (Å²) >= 11 is 0. The van der Waals surface area contributed by atoms with E-state index in [1.807, 2.05) is 6.07 Å². The second-order valence-corrected chi connectivity index (χ2v) is 6.60. The number of rotatable bonds is 4. The van der Waals surface area contributed by atoms with Crippen LogP contribution < -0.4 is 15.1 Å². The molecule has 29 heavy (non-hydrogen) atoms. The lowest BCUT2D eigenvalue weighted by Gasteiger charge is -2.35. The van der Waals surface area contributed by atoms with Crippen molar-refractivity contribution in [2.24, 2.45) is 0 Å². The number of nitrogens with zero attached hydrogens (tertiary/aromatic N) is 6. The Morgan fingerprint density at radius 1 is 1.00 bits per heavy atom. The molecule has 0 atom stereocenters. The summed E-state index contributed by atoms with van der Waals surface area (Å²) in [6.45, 7) is 3.18. The first-order valence-electron chi connectivity index (χ1n) is 9.26. The third kappa shape index (κ3) is 4.30. The molecule has 0 aliphatic carbocycles. The third-order valence-corrected chi connectivity index (χ3v) is 4.74. The maximum atomic E-state index is 12.6. The number of pyridine rings is 1. The SMILES string of the molecule is N#Cc1ccc(NC(=O)c2cncc(N3CCN(c4ncccn4)CC3)c2)cc1. The molecule has 1 aliphatic rings. The Hall–Kier alpha value is -3.99. The summed E-state index contributed by atoms with van der Waals surface area (Å²) in [6, 6.07) is 12.5. The van der Waals surface area contributed by atoms with E-state index < -0.39 is 0 Å². The first-order valence-corrected chi connectivity index (χ1v) is 9.26. The summed E-state index contributed by atoms with van der Waals surface area (Å²) < 4.78 is 0. The summed E-state index contributed by atoms with van der Waals surface area (Å²) in [4.78, 5) is 29.8. The summed E-state index contributed by atoms with van der Waals surface area (Å²) in [5.74, 6) is 0.501. The summed E-state index contributed by atoms with van der Waals surface area (Å²) in [7, 11) is 0. The maximum absolute atomic E-state index is 12.6. The molecule has 1 saturated heterocycles. The predicted octanol–water partition coefficient (Wildman–Crippen LogP) is 2.32. The van der Waals surface area contributed by atoms with E-state index in [0.717, 1.165) is 37.8 Å². The lowest BCUT2D eigenvalue weighted by molar-refractivity contribution is 0.102. The molecule has 0 saturated carbocycles. The van der Waals surface area contributed by atoms with Crippen LogP contribution in [-0.4, -0.2) is 47.0 Å². The quantitative estimate of drug-likeness (QED) is 0.736. The smallest absolute Gasteiger partial charge is 0.257 e. The van der Waals surface area contributed by atoms with Crippen molar-refractivity contribution in [1.82, 2.24) is 15.0 Å². The highest BCUT2D eigenvalue weighted by Crippen LogP contribution is 2.19. The van der Waals surface area contributed by atoms with Gasteiger partial charge in [-0.25, -0.2) is 9.97 Å². The average Bonchev–Trinajstić information content (AvgIpc) is 2.80. The van der Waals surface area contributed by atoms with E-state index in [1.165, 1.54) is 0 Å². The van der Waals surface area contributed by atoms with Crippen LogP contribution in [0.1, 0.15) is 15.9 Å². The summed E-state index contributed by atoms with van der Waals surface area (Å²) in [5.41, 5.74) is 2.58. The van der Waals surface area contributed by atoms with Gasteiger partial charge in [0.25, 0.3) is 5.91 Å². The second kappa shape index (κ2) is 8.35. The minimum atomic E-state index is -0.236. The average molecular weight is 385 g/mol. The number of aromatic nitrogens is 3. The highest BCUT2D eigenvalue weighted by molar-refractivity contribution is 6.04. The second-order valence-electron chi connectivity index (χ2n) is 6.60. The Morgan fingerprint density at radius 3 is 2.38 bits per heavy atom. The number of amides is 1. The first kappa shape index (κ1) is 18.4. The number of benzene rings is 1. The standard InChI is InChI=1S/C21H19N7O/c22-13-16-2-4-18(5-3-16)26-20(29)17-12-19(15-23-14-17)27-8-10-28(11-9-27)21-24-6-1-7-25-21/h1-7,12,14-15H,8-11H2,(H,26,29). The normalized spacial score (nSPS) is 13.6. The zero-order valence-corrected chi connectivity index (χ0v) is 15.7. The number of nitriles is 1. The van der Waals surface area contributed by atoms with Gasteiger partial charge < -0.3 is 15.1 Å². The number of piperazine rings is 1. The Balaban J connectivity index is 1.41. The van der Waals surface area contributed by atoms with Gasteiger partial charge in [0.15, 0.2) is 0 Å². The van der Waals surface area contributed by atoms with Gasteiger partial charge in [-0.2, -0.15) is 5.26 Å². The zero-order valence-electron chi connectivity index (χ0n) is 15.7. The molecule has 0 unspecified atom stereocenters. The van der Waals surface area contributed by atoms with Gasteiger partial charge in [0.2, 0.25) is 5.95 Å². The Morgan fingerprint density at radius 2 is 1.69 bits per heavy atom. The van der Waals surface area contributed by atoms with Crippen LogP contribution in [0.2, 0.25) is 0 Å². The zero-order chi connectivity index (χ0) is 20.1. The van der Waals surface area contributed by atoms with E-state index in [1.54, 1.807) is 55.1 Å². The molecule has 1 N–H and O–H groups in total. The van der Waals surface area contributed by atoms with E-state index in [-0.39, 0.29) is 5.91 Å². The van der Waals surface area contributed by atoms with Crippen LogP contribution in [0.4, 0.5) is 17.3 Å². The molecule has 2 aromatic heterocycles. The molecule has 4 rings (SSSR count). The number of nitrogens with one attached hydrogen (secondary N) is 1. The van der Waals surface area contributed by atoms with Gasteiger partial charge in [-0.3, -0.25) is 9.78 Å². The molecular weight excluding hydrogens is 366 g/mol. The van der Waals surface area contributed by atoms with Crippen molar-refractivity contribution in [3.05, 3.63) is 72.3 Å². The van der Waals surface area contributed by atoms with Crippen LogP contribution >= 0.6 is 0 Å². The van der Waals surface area contributed by atoms with Crippen LogP contribution in [-0.2, 0) is 0 Å². The predicted molar refractivity (Wildman–Crippen MR) is 110 cm³/mol. The van der Waals surface area contributed by atoms with Crippen molar-refractivity contribution in [3.63, 3.8) is 0 Å². The number of carbonyl (C=O) groups is 1. The minimum Gasteiger partial charge on any atom is -0.367 e. The first-order chi connectivity index (χ1) is 14.2. The Labute approximate surface area is 168 Å². The van der Waals surface area contributed by atoms with E-state index in [2.05, 4.69) is 36.1 Å². The molecule has 0 radical (unpaired) electrons. The molecule has 3 aromatic rings. The van der Waals surface area contributed by atoms with Crippen LogP contribution in [0.3, 0.4) is 0 Å². The number of hydrogen-bond acceptors (Lipinski definition) is 7. The van der Waals surface area contributed by atoms with Crippen molar-refractivity contribution in [2.45, 2.75) is 0 Å². The largest absolute Gasteiger partial charge is 0.367 e. The Kier molecular flexibility index (Phi) is 5.29. The topological polar surface area (TPSA) is 98.0 Å². The van der Waals surface area contributed by atoms with E-state index in [0.29, 0.717) is 16.8 Å². The number of hydrogen-bond donors (Lipinski definition) is 1. The lowest BCUT2D eigenvalue weighted by atomic mass is 10.2. The molecule has 1 aliphatic heterocycles. The molecule has 0 bridgehead atoms. The van der Waals surface area contributed by atoms with Crippen molar-refractivity contribution < 1.29 is 4.79 Å². The fraction of sp³-hybridized carbons (Fsp3) is 0.190. The number of carbonyl (C=O) groups excluding carboxylic acids is 1. The molecule has 3 heterocycles. The maximum Gasteiger partial charge on any atom is 0.257 e. The molecule has 8 heteroatoms. The van der Waals surface area contributed by atoms with Crippen molar-refractivity contribution >= 4 is 23.2 Å². The monoisotopic (exact) mass is 385 g/mol. The fourth-order valence-corrected chi connectivity index (χ4v) is 3.18. The third-order valence-electron chi connectivity index (χ3n) is 4.74. The van der Waals surface area contributed by atoms with Gasteiger partial charge in [-0.1, -0.05) is 0 Å². The molecule has 144 valence electrons. The van der Waals surface area contributed by atoms with Crippen LogP contribution in [0.25, 0.3) is 0 Å². The molecule has 1 fully saturated rings. The molecule has 1 aromatic carbocycles. The highest BCUT2D eigenvalue weighted by atomic mass is 16.1. The van der Waals surface area contributed by atoms with E-state index in [9.17, 15) is 4.79 Å². The molecule has 8 nitrogen and oxygen atoms in total. The molecular formula is C21H19N7O. The summed E-state index contributed by atoms with van der Waals surface area (Å²) in [5, 5.41) is 11.7. The van der Waals surface area contributed by atoms with Crippen molar-refractivity contribution in [2.75, 3.05) is 41.3 Å². The van der Waals surface area contributed by atoms with E-state index >= 15 is 0 Å². The fourth-order valence-electron chi connectivity index (χ4n) is 3.18. The van der Waals surface area contributed by atoms with Gasteiger partial charge in [0.1, 0.15) is 0 Å². The Bertz CT molecular complexity index is 1020. The summed E-state index contributed by atoms with van der Waals surface area (Å²) in [6.07, 6.45) is 6.81. The molecule has 0 spiro atoms. The van der Waals surface area contributed by atoms with Gasteiger partial charge in [-0.15, -0.1) is 0 Å². The van der Waals surface area contributed by atoms with Crippen LogP contribution in [0, 0.1) is 11.3 Å².